The maximum atomic E-state index is 13.2. The van der Waals surface area contributed by atoms with Gasteiger partial charge < -0.3 is 4.74 Å². The zero-order chi connectivity index (χ0) is 16.8. The Morgan fingerprint density at radius 1 is 1.25 bits per heavy atom. The second-order valence-electron chi connectivity index (χ2n) is 7.02. The third-order valence-electron chi connectivity index (χ3n) is 5.68. The molecule has 0 bridgehead atoms. The highest BCUT2D eigenvalue weighted by atomic mass is 32.2. The van der Waals surface area contributed by atoms with Crippen LogP contribution < -0.4 is 0 Å². The summed E-state index contributed by atoms with van der Waals surface area (Å²) in [5.41, 5.74) is 0.0107. The highest BCUT2D eigenvalue weighted by Crippen LogP contribution is 2.47. The van der Waals surface area contributed by atoms with Gasteiger partial charge >= 0.3 is 0 Å². The van der Waals surface area contributed by atoms with Crippen molar-refractivity contribution in [2.75, 3.05) is 20.2 Å². The van der Waals surface area contributed by atoms with Crippen LogP contribution in [0.2, 0.25) is 0 Å². The average molecular weight is 366 g/mol. The number of piperidine rings is 1. The van der Waals surface area contributed by atoms with E-state index in [4.69, 9.17) is 4.74 Å². The molecule has 0 radical (unpaired) electrons. The number of benzene rings is 1. The lowest BCUT2D eigenvalue weighted by atomic mass is 9.77. The summed E-state index contributed by atoms with van der Waals surface area (Å²) in [4.78, 5) is 0. The Kier molecular flexibility index (Phi) is 4.19. The van der Waals surface area contributed by atoms with Crippen LogP contribution in [0.15, 0.2) is 34.5 Å². The standard InChI is InChI=1S/C18H23NO3S2/c1-22-16-8-4-9-18(16)10-5-11-19(13-18)24(20,21)17-12-14-6-2-3-7-15(14)23-17/h2-3,6-7,12,16H,4-5,8-11,13H2,1H3/t16-,18-/m1/s1. The summed E-state index contributed by atoms with van der Waals surface area (Å²) >= 11 is 1.37. The van der Waals surface area contributed by atoms with Gasteiger partial charge in [-0.15, -0.1) is 11.3 Å². The fraction of sp³-hybridized carbons (Fsp3) is 0.556. The van der Waals surface area contributed by atoms with Crippen molar-refractivity contribution in [1.82, 2.24) is 4.31 Å². The molecule has 1 aliphatic carbocycles. The van der Waals surface area contributed by atoms with Crippen molar-refractivity contribution in [3.05, 3.63) is 30.3 Å². The van der Waals surface area contributed by atoms with Crippen LogP contribution in [-0.4, -0.2) is 39.0 Å². The highest BCUT2D eigenvalue weighted by Gasteiger charge is 2.48. The zero-order valence-corrected chi connectivity index (χ0v) is 15.5. The number of hydrogen-bond donors (Lipinski definition) is 0. The van der Waals surface area contributed by atoms with Gasteiger partial charge in [-0.05, 0) is 43.2 Å². The van der Waals surface area contributed by atoms with E-state index in [2.05, 4.69) is 0 Å². The van der Waals surface area contributed by atoms with Crippen LogP contribution in [0.25, 0.3) is 10.1 Å². The van der Waals surface area contributed by atoms with E-state index in [1.165, 1.54) is 11.3 Å². The number of thiophene rings is 1. The molecule has 0 amide bonds. The number of sulfonamides is 1. The first-order chi connectivity index (χ1) is 11.5. The van der Waals surface area contributed by atoms with Crippen molar-refractivity contribution in [2.24, 2.45) is 5.41 Å². The Morgan fingerprint density at radius 2 is 2.04 bits per heavy atom. The van der Waals surface area contributed by atoms with Crippen molar-refractivity contribution in [3.8, 4) is 0 Å². The first kappa shape index (κ1) is 16.5. The van der Waals surface area contributed by atoms with E-state index in [1.807, 2.05) is 30.3 Å². The van der Waals surface area contributed by atoms with E-state index in [1.54, 1.807) is 11.4 Å². The van der Waals surface area contributed by atoms with Crippen molar-refractivity contribution in [2.45, 2.75) is 42.4 Å². The quantitative estimate of drug-likeness (QED) is 0.829. The van der Waals surface area contributed by atoms with E-state index in [0.717, 1.165) is 42.2 Å². The van der Waals surface area contributed by atoms with Crippen LogP contribution in [-0.2, 0) is 14.8 Å². The summed E-state index contributed by atoms with van der Waals surface area (Å²) in [6.07, 6.45) is 5.44. The van der Waals surface area contributed by atoms with Crippen molar-refractivity contribution < 1.29 is 13.2 Å². The molecule has 2 aromatic rings. The third kappa shape index (κ3) is 2.60. The number of ether oxygens (including phenoxy) is 1. The number of fused-ring (bicyclic) bond motifs is 1. The Bertz CT molecular complexity index is 812. The molecule has 1 saturated carbocycles. The van der Waals surface area contributed by atoms with Gasteiger partial charge in [0.05, 0.1) is 6.10 Å². The molecule has 130 valence electrons. The molecular formula is C18H23NO3S2. The second kappa shape index (κ2) is 6.09. The van der Waals surface area contributed by atoms with Crippen molar-refractivity contribution in [3.63, 3.8) is 0 Å². The number of nitrogens with zero attached hydrogens (tertiary/aromatic N) is 1. The Morgan fingerprint density at radius 3 is 2.83 bits per heavy atom. The average Bonchev–Trinajstić information content (AvgIpc) is 3.19. The predicted octanol–water partition coefficient (Wildman–Crippen LogP) is 3.87. The molecule has 1 spiro atoms. The molecule has 1 aromatic heterocycles. The normalized spacial score (nSPS) is 28.8. The van der Waals surface area contributed by atoms with Crippen LogP contribution in [0.4, 0.5) is 0 Å². The van der Waals surface area contributed by atoms with Crippen LogP contribution in [0.1, 0.15) is 32.1 Å². The third-order valence-corrected chi connectivity index (χ3v) is 9.09. The molecule has 0 unspecified atom stereocenters. The summed E-state index contributed by atoms with van der Waals surface area (Å²) in [5, 5.41) is 1.00. The summed E-state index contributed by atoms with van der Waals surface area (Å²) in [6.45, 7) is 1.22. The number of rotatable bonds is 3. The molecule has 2 aliphatic rings. The molecule has 24 heavy (non-hydrogen) atoms. The van der Waals surface area contributed by atoms with Gasteiger partial charge in [-0.1, -0.05) is 24.6 Å². The van der Waals surface area contributed by atoms with E-state index >= 15 is 0 Å². The number of hydrogen-bond acceptors (Lipinski definition) is 4. The highest BCUT2D eigenvalue weighted by molar-refractivity contribution is 7.91. The maximum absolute atomic E-state index is 13.2. The molecular weight excluding hydrogens is 342 g/mol. The fourth-order valence-corrected chi connectivity index (χ4v) is 7.60. The van der Waals surface area contributed by atoms with Gasteiger partial charge in [-0.25, -0.2) is 8.42 Å². The van der Waals surface area contributed by atoms with E-state index in [9.17, 15) is 8.42 Å². The van der Waals surface area contributed by atoms with Gasteiger partial charge in [0.2, 0.25) is 0 Å². The first-order valence-corrected chi connectivity index (χ1v) is 10.8. The topological polar surface area (TPSA) is 46.6 Å². The lowest BCUT2D eigenvalue weighted by Crippen LogP contribution is -2.49. The van der Waals surface area contributed by atoms with E-state index in [0.29, 0.717) is 17.3 Å². The Balaban J connectivity index is 1.66. The molecule has 1 aliphatic heterocycles. The molecule has 4 nitrogen and oxygen atoms in total. The molecule has 2 atom stereocenters. The second-order valence-corrected chi connectivity index (χ2v) is 10.3. The minimum atomic E-state index is -3.42. The molecule has 1 saturated heterocycles. The Labute approximate surface area is 147 Å². The lowest BCUT2D eigenvalue weighted by Gasteiger charge is -2.42. The smallest absolute Gasteiger partial charge is 0.252 e. The van der Waals surface area contributed by atoms with Crippen LogP contribution in [0.5, 0.6) is 0 Å². The molecule has 2 heterocycles. The van der Waals surface area contributed by atoms with Gasteiger partial charge in [0.25, 0.3) is 10.0 Å². The van der Waals surface area contributed by atoms with Crippen molar-refractivity contribution in [1.29, 1.82) is 0 Å². The van der Waals surface area contributed by atoms with Gasteiger partial charge in [-0.2, -0.15) is 4.31 Å². The largest absolute Gasteiger partial charge is 0.381 e. The summed E-state index contributed by atoms with van der Waals surface area (Å²) in [5.74, 6) is 0. The van der Waals surface area contributed by atoms with Gasteiger partial charge in [0, 0.05) is 30.3 Å². The summed E-state index contributed by atoms with van der Waals surface area (Å²) < 4.78 is 35.3. The zero-order valence-electron chi connectivity index (χ0n) is 13.9. The maximum Gasteiger partial charge on any atom is 0.252 e. The van der Waals surface area contributed by atoms with E-state index in [-0.39, 0.29) is 11.5 Å². The fourth-order valence-electron chi connectivity index (χ4n) is 4.48. The molecule has 1 aromatic carbocycles. The van der Waals surface area contributed by atoms with Crippen molar-refractivity contribution >= 4 is 31.4 Å². The first-order valence-electron chi connectivity index (χ1n) is 8.57. The van der Waals surface area contributed by atoms with Crippen LogP contribution >= 0.6 is 11.3 Å². The van der Waals surface area contributed by atoms with Crippen LogP contribution in [0.3, 0.4) is 0 Å². The SMILES string of the molecule is CO[C@@H]1CCC[C@]12CCCN(S(=O)(=O)c1cc3ccccc3s1)C2. The molecule has 0 N–H and O–H groups in total. The minimum absolute atomic E-state index is 0.0107. The molecule has 6 heteroatoms. The number of methoxy groups -OCH3 is 1. The van der Waals surface area contributed by atoms with Gasteiger partial charge in [0.1, 0.15) is 4.21 Å². The van der Waals surface area contributed by atoms with E-state index < -0.39 is 10.0 Å². The monoisotopic (exact) mass is 365 g/mol. The molecule has 2 fully saturated rings. The van der Waals surface area contributed by atoms with Gasteiger partial charge in [0.15, 0.2) is 0 Å². The van der Waals surface area contributed by atoms with Gasteiger partial charge in [-0.3, -0.25) is 0 Å². The minimum Gasteiger partial charge on any atom is -0.381 e. The summed E-state index contributed by atoms with van der Waals surface area (Å²) in [6, 6.07) is 9.67. The predicted molar refractivity (Wildman–Crippen MR) is 96.9 cm³/mol. The summed E-state index contributed by atoms with van der Waals surface area (Å²) in [7, 11) is -1.66. The Hall–Kier alpha value is -0.950. The van der Waals surface area contributed by atoms with Crippen LogP contribution in [0, 0.1) is 5.41 Å². The molecule has 4 rings (SSSR count). The lowest BCUT2D eigenvalue weighted by molar-refractivity contribution is -0.0184.